The van der Waals surface area contributed by atoms with Crippen LogP contribution in [0.5, 0.6) is 5.75 Å². The van der Waals surface area contributed by atoms with E-state index < -0.39 is 0 Å². The first-order valence-corrected chi connectivity index (χ1v) is 5.75. The Hall–Kier alpha value is -0.870. The van der Waals surface area contributed by atoms with Crippen LogP contribution in [0, 0.1) is 0 Å². The standard InChI is InChI=1S/C11H12BrNO2/c12-8-3-5-9(6-4-8)15-11(14)10-2-1-7-13-10/h3-6,10,13H,1-2,7H2/t10-/m0/s1. The summed E-state index contributed by atoms with van der Waals surface area (Å²) < 4.78 is 6.20. The second kappa shape index (κ2) is 4.77. The third-order valence-corrected chi connectivity index (χ3v) is 2.91. The first-order valence-electron chi connectivity index (χ1n) is 4.96. The molecule has 1 N–H and O–H groups in total. The van der Waals surface area contributed by atoms with Crippen LogP contribution in [0.25, 0.3) is 0 Å². The number of nitrogens with one attached hydrogen (secondary N) is 1. The van der Waals surface area contributed by atoms with Gasteiger partial charge in [-0.2, -0.15) is 0 Å². The molecule has 4 heteroatoms. The highest BCUT2D eigenvalue weighted by molar-refractivity contribution is 9.10. The van der Waals surface area contributed by atoms with Crippen molar-refractivity contribution in [2.75, 3.05) is 6.54 Å². The van der Waals surface area contributed by atoms with E-state index in [1.54, 1.807) is 12.1 Å². The van der Waals surface area contributed by atoms with E-state index >= 15 is 0 Å². The van der Waals surface area contributed by atoms with Crippen LogP contribution in [0.1, 0.15) is 12.8 Å². The van der Waals surface area contributed by atoms with Gasteiger partial charge in [-0.05, 0) is 43.7 Å². The molecule has 80 valence electrons. The molecule has 1 saturated heterocycles. The number of hydrogen-bond donors (Lipinski definition) is 1. The summed E-state index contributed by atoms with van der Waals surface area (Å²) >= 11 is 3.33. The maximum absolute atomic E-state index is 11.6. The molecule has 1 aromatic carbocycles. The summed E-state index contributed by atoms with van der Waals surface area (Å²) in [5, 5.41) is 3.10. The maximum atomic E-state index is 11.6. The van der Waals surface area contributed by atoms with Crippen molar-refractivity contribution in [2.24, 2.45) is 0 Å². The van der Waals surface area contributed by atoms with E-state index in [0.29, 0.717) is 5.75 Å². The summed E-state index contributed by atoms with van der Waals surface area (Å²) in [6.07, 6.45) is 1.91. The quantitative estimate of drug-likeness (QED) is 0.660. The Morgan fingerprint density at radius 3 is 2.73 bits per heavy atom. The molecule has 1 heterocycles. The minimum absolute atomic E-state index is 0.131. The molecule has 0 aliphatic carbocycles. The van der Waals surface area contributed by atoms with Crippen LogP contribution >= 0.6 is 15.9 Å². The molecule has 3 nitrogen and oxygen atoms in total. The summed E-state index contributed by atoms with van der Waals surface area (Å²) in [7, 11) is 0. The second-order valence-electron chi connectivity index (χ2n) is 3.52. The lowest BCUT2D eigenvalue weighted by molar-refractivity contribution is -0.136. The predicted molar refractivity (Wildman–Crippen MR) is 60.8 cm³/mol. The number of benzene rings is 1. The first-order chi connectivity index (χ1) is 7.25. The monoisotopic (exact) mass is 269 g/mol. The van der Waals surface area contributed by atoms with Crippen molar-refractivity contribution in [3.05, 3.63) is 28.7 Å². The second-order valence-corrected chi connectivity index (χ2v) is 4.44. The molecule has 1 aliphatic heterocycles. The van der Waals surface area contributed by atoms with E-state index in [0.717, 1.165) is 23.9 Å². The number of esters is 1. The van der Waals surface area contributed by atoms with Gasteiger partial charge in [-0.3, -0.25) is 0 Å². The Morgan fingerprint density at radius 1 is 1.40 bits per heavy atom. The zero-order valence-corrected chi connectivity index (χ0v) is 9.79. The van der Waals surface area contributed by atoms with Crippen LogP contribution in [-0.4, -0.2) is 18.6 Å². The molecule has 0 spiro atoms. The summed E-state index contributed by atoms with van der Waals surface area (Å²) in [4.78, 5) is 11.6. The van der Waals surface area contributed by atoms with Gasteiger partial charge in [0.05, 0.1) is 0 Å². The molecular formula is C11H12BrNO2. The Morgan fingerprint density at radius 2 is 2.13 bits per heavy atom. The lowest BCUT2D eigenvalue weighted by Crippen LogP contribution is -2.34. The van der Waals surface area contributed by atoms with Crippen molar-refractivity contribution in [3.63, 3.8) is 0 Å². The first kappa shape index (κ1) is 10.6. The van der Waals surface area contributed by atoms with E-state index in [2.05, 4.69) is 21.2 Å². The molecule has 1 atom stereocenters. The summed E-state index contributed by atoms with van der Waals surface area (Å²) in [6.45, 7) is 0.903. The van der Waals surface area contributed by atoms with Gasteiger partial charge in [-0.25, -0.2) is 4.79 Å². The SMILES string of the molecule is O=C(Oc1ccc(Br)cc1)[C@@H]1CCCN1. The predicted octanol–water partition coefficient (Wildman–Crippen LogP) is 2.11. The van der Waals surface area contributed by atoms with E-state index in [4.69, 9.17) is 4.74 Å². The summed E-state index contributed by atoms with van der Waals surface area (Å²) in [5.41, 5.74) is 0. The van der Waals surface area contributed by atoms with Crippen molar-refractivity contribution >= 4 is 21.9 Å². The van der Waals surface area contributed by atoms with Crippen molar-refractivity contribution < 1.29 is 9.53 Å². The highest BCUT2D eigenvalue weighted by atomic mass is 79.9. The Labute approximate surface area is 96.9 Å². The zero-order valence-electron chi connectivity index (χ0n) is 8.20. The molecule has 0 radical (unpaired) electrons. The van der Waals surface area contributed by atoms with E-state index in [-0.39, 0.29) is 12.0 Å². The van der Waals surface area contributed by atoms with Crippen LogP contribution in [0.2, 0.25) is 0 Å². The highest BCUT2D eigenvalue weighted by Gasteiger charge is 2.23. The molecule has 1 aliphatic rings. The minimum Gasteiger partial charge on any atom is -0.425 e. The molecule has 1 aromatic rings. The van der Waals surface area contributed by atoms with Gasteiger partial charge in [-0.15, -0.1) is 0 Å². The lowest BCUT2D eigenvalue weighted by Gasteiger charge is -2.09. The molecule has 2 rings (SSSR count). The molecule has 1 fully saturated rings. The van der Waals surface area contributed by atoms with Gasteiger partial charge < -0.3 is 10.1 Å². The minimum atomic E-state index is -0.185. The number of carbonyl (C=O) groups excluding carboxylic acids is 1. The molecule has 0 aromatic heterocycles. The maximum Gasteiger partial charge on any atom is 0.328 e. The Bertz CT molecular complexity index is 344. The van der Waals surface area contributed by atoms with Crippen molar-refractivity contribution in [1.82, 2.24) is 5.32 Å². The van der Waals surface area contributed by atoms with Crippen molar-refractivity contribution in [2.45, 2.75) is 18.9 Å². The number of carbonyl (C=O) groups is 1. The van der Waals surface area contributed by atoms with Crippen LogP contribution in [-0.2, 0) is 4.79 Å². The lowest BCUT2D eigenvalue weighted by atomic mass is 10.2. The Kier molecular flexibility index (Phi) is 3.38. The summed E-state index contributed by atoms with van der Waals surface area (Å²) in [6, 6.07) is 7.12. The third-order valence-electron chi connectivity index (χ3n) is 2.38. The average Bonchev–Trinajstić information content (AvgIpc) is 2.74. The number of ether oxygens (including phenoxy) is 1. The van der Waals surface area contributed by atoms with Crippen LogP contribution in [0.3, 0.4) is 0 Å². The van der Waals surface area contributed by atoms with Gasteiger partial charge in [0, 0.05) is 4.47 Å². The van der Waals surface area contributed by atoms with Crippen molar-refractivity contribution in [3.8, 4) is 5.75 Å². The molecule has 0 bridgehead atoms. The normalized spacial score (nSPS) is 20.2. The van der Waals surface area contributed by atoms with E-state index in [1.807, 2.05) is 12.1 Å². The fourth-order valence-corrected chi connectivity index (χ4v) is 1.84. The molecule has 0 saturated carbocycles. The molecular weight excluding hydrogens is 258 g/mol. The fraction of sp³-hybridized carbons (Fsp3) is 0.364. The topological polar surface area (TPSA) is 38.3 Å². The smallest absolute Gasteiger partial charge is 0.328 e. The van der Waals surface area contributed by atoms with Gasteiger partial charge in [0.15, 0.2) is 0 Å². The van der Waals surface area contributed by atoms with Crippen LogP contribution in [0.4, 0.5) is 0 Å². The van der Waals surface area contributed by atoms with Gasteiger partial charge in [-0.1, -0.05) is 15.9 Å². The Balaban J connectivity index is 1.96. The van der Waals surface area contributed by atoms with Gasteiger partial charge in [0.2, 0.25) is 0 Å². The molecule has 15 heavy (non-hydrogen) atoms. The van der Waals surface area contributed by atoms with Crippen LogP contribution < -0.4 is 10.1 Å². The summed E-state index contributed by atoms with van der Waals surface area (Å²) in [5.74, 6) is 0.409. The highest BCUT2D eigenvalue weighted by Crippen LogP contribution is 2.17. The van der Waals surface area contributed by atoms with E-state index in [1.165, 1.54) is 0 Å². The largest absolute Gasteiger partial charge is 0.425 e. The van der Waals surface area contributed by atoms with E-state index in [9.17, 15) is 4.79 Å². The van der Waals surface area contributed by atoms with Gasteiger partial charge in [0.1, 0.15) is 11.8 Å². The average molecular weight is 270 g/mol. The van der Waals surface area contributed by atoms with Gasteiger partial charge in [0.25, 0.3) is 0 Å². The number of halogens is 1. The molecule has 0 amide bonds. The fourth-order valence-electron chi connectivity index (χ4n) is 1.58. The third kappa shape index (κ3) is 2.79. The number of rotatable bonds is 2. The van der Waals surface area contributed by atoms with Crippen LogP contribution in [0.15, 0.2) is 28.7 Å². The van der Waals surface area contributed by atoms with Crippen molar-refractivity contribution in [1.29, 1.82) is 0 Å². The zero-order chi connectivity index (χ0) is 10.7. The molecule has 0 unspecified atom stereocenters. The van der Waals surface area contributed by atoms with Gasteiger partial charge >= 0.3 is 5.97 Å². The number of hydrogen-bond acceptors (Lipinski definition) is 3.